The maximum Gasteiger partial charge on any atom is 0.133 e. The van der Waals surface area contributed by atoms with Crippen LogP contribution in [0.5, 0.6) is 0 Å². The molecule has 0 bridgehead atoms. The van der Waals surface area contributed by atoms with Gasteiger partial charge in [-0.05, 0) is 19.0 Å². The van der Waals surface area contributed by atoms with Gasteiger partial charge in [0.25, 0.3) is 0 Å². The predicted molar refractivity (Wildman–Crippen MR) is 51.9 cm³/mol. The number of nitrogens with zero attached hydrogens (tertiary/aromatic N) is 1. The van der Waals surface area contributed by atoms with Gasteiger partial charge in [-0.15, -0.1) is 12.4 Å². The normalized spacial score (nSPS) is 20.9. The van der Waals surface area contributed by atoms with E-state index in [-0.39, 0.29) is 12.4 Å². The van der Waals surface area contributed by atoms with Crippen molar-refractivity contribution < 1.29 is 0 Å². The standard InChI is InChI=1S/C8H9ClN2.ClH/c9-8-6(2-1-4-11-8)7-3-5-10-7;/h1-2,4,7,10H,3,5H2;1H/t7-;/m1./s1. The summed E-state index contributed by atoms with van der Waals surface area (Å²) in [4.78, 5) is 4.01. The Morgan fingerprint density at radius 3 is 2.83 bits per heavy atom. The van der Waals surface area contributed by atoms with E-state index in [2.05, 4.69) is 10.3 Å². The van der Waals surface area contributed by atoms with Crippen LogP contribution in [0.15, 0.2) is 18.3 Å². The molecule has 1 aromatic rings. The summed E-state index contributed by atoms with van der Waals surface area (Å²) in [5, 5.41) is 3.91. The Labute approximate surface area is 82.7 Å². The molecular weight excluding hydrogens is 195 g/mol. The van der Waals surface area contributed by atoms with Gasteiger partial charge >= 0.3 is 0 Å². The van der Waals surface area contributed by atoms with Gasteiger partial charge in [0.1, 0.15) is 5.15 Å². The maximum absolute atomic E-state index is 5.88. The van der Waals surface area contributed by atoms with E-state index in [1.807, 2.05) is 12.1 Å². The molecule has 2 nitrogen and oxygen atoms in total. The highest BCUT2D eigenvalue weighted by atomic mass is 35.5. The molecule has 0 amide bonds. The van der Waals surface area contributed by atoms with Crippen LogP contribution in [0.2, 0.25) is 5.15 Å². The van der Waals surface area contributed by atoms with Crippen molar-refractivity contribution in [3.63, 3.8) is 0 Å². The van der Waals surface area contributed by atoms with Gasteiger partial charge in [-0.3, -0.25) is 0 Å². The molecule has 0 unspecified atom stereocenters. The summed E-state index contributed by atoms with van der Waals surface area (Å²) in [5.41, 5.74) is 1.13. The van der Waals surface area contributed by atoms with E-state index in [0.29, 0.717) is 11.2 Å². The minimum absolute atomic E-state index is 0. The number of aromatic nitrogens is 1. The lowest BCUT2D eigenvalue weighted by atomic mass is 10.00. The fraction of sp³-hybridized carbons (Fsp3) is 0.375. The minimum atomic E-state index is 0. The van der Waals surface area contributed by atoms with Gasteiger partial charge in [0, 0.05) is 17.8 Å². The molecule has 0 aromatic carbocycles. The van der Waals surface area contributed by atoms with Crippen LogP contribution in [-0.4, -0.2) is 11.5 Å². The summed E-state index contributed by atoms with van der Waals surface area (Å²) in [6.45, 7) is 1.09. The summed E-state index contributed by atoms with van der Waals surface area (Å²) in [6.07, 6.45) is 2.88. The monoisotopic (exact) mass is 204 g/mol. The van der Waals surface area contributed by atoms with Crippen molar-refractivity contribution in [2.75, 3.05) is 6.54 Å². The lowest BCUT2D eigenvalue weighted by Gasteiger charge is -2.28. The van der Waals surface area contributed by atoms with Crippen molar-refractivity contribution in [3.8, 4) is 0 Å². The molecule has 1 saturated heterocycles. The number of pyridine rings is 1. The zero-order chi connectivity index (χ0) is 7.68. The second-order valence-electron chi connectivity index (χ2n) is 2.68. The zero-order valence-electron chi connectivity index (χ0n) is 6.46. The Bertz CT molecular complexity index is 261. The Morgan fingerprint density at radius 2 is 2.33 bits per heavy atom. The molecule has 0 spiro atoms. The average Bonchev–Trinajstić information content (AvgIpc) is 1.90. The van der Waals surface area contributed by atoms with Gasteiger partial charge in [0.15, 0.2) is 0 Å². The van der Waals surface area contributed by atoms with Gasteiger partial charge in [0.2, 0.25) is 0 Å². The average molecular weight is 205 g/mol. The fourth-order valence-corrected chi connectivity index (χ4v) is 1.46. The first-order chi connectivity index (χ1) is 5.38. The van der Waals surface area contributed by atoms with Crippen LogP contribution in [0.4, 0.5) is 0 Å². The van der Waals surface area contributed by atoms with Crippen molar-refractivity contribution >= 4 is 24.0 Å². The first-order valence-corrected chi connectivity index (χ1v) is 4.09. The fourth-order valence-electron chi connectivity index (χ4n) is 1.21. The molecule has 1 aliphatic heterocycles. The second-order valence-corrected chi connectivity index (χ2v) is 3.04. The summed E-state index contributed by atoms with van der Waals surface area (Å²) < 4.78 is 0. The minimum Gasteiger partial charge on any atom is -0.310 e. The highest BCUT2D eigenvalue weighted by Crippen LogP contribution is 2.26. The molecule has 0 radical (unpaired) electrons. The molecule has 4 heteroatoms. The molecule has 1 fully saturated rings. The molecule has 1 atom stereocenters. The SMILES string of the molecule is Cl.Clc1ncccc1[C@H]1CCN1. The van der Waals surface area contributed by atoms with Crippen molar-refractivity contribution in [3.05, 3.63) is 29.0 Å². The number of hydrogen-bond donors (Lipinski definition) is 1. The van der Waals surface area contributed by atoms with E-state index in [0.717, 1.165) is 12.1 Å². The van der Waals surface area contributed by atoms with Crippen LogP contribution < -0.4 is 5.32 Å². The van der Waals surface area contributed by atoms with Crippen molar-refractivity contribution in [1.29, 1.82) is 0 Å². The van der Waals surface area contributed by atoms with E-state index in [1.54, 1.807) is 6.20 Å². The van der Waals surface area contributed by atoms with Crippen LogP contribution in [0.1, 0.15) is 18.0 Å². The van der Waals surface area contributed by atoms with Crippen LogP contribution in [0.3, 0.4) is 0 Å². The molecule has 66 valence electrons. The summed E-state index contributed by atoms with van der Waals surface area (Å²) in [5.74, 6) is 0. The Kier molecular flexibility index (Phi) is 3.32. The van der Waals surface area contributed by atoms with Gasteiger partial charge in [-0.25, -0.2) is 4.98 Å². The summed E-state index contributed by atoms with van der Waals surface area (Å²) in [6, 6.07) is 4.38. The van der Waals surface area contributed by atoms with Gasteiger partial charge in [-0.1, -0.05) is 17.7 Å². The predicted octanol–water partition coefficient (Wildman–Crippen LogP) is 2.19. The van der Waals surface area contributed by atoms with E-state index in [9.17, 15) is 0 Å². The Balaban J connectivity index is 0.000000720. The quantitative estimate of drug-likeness (QED) is 0.711. The molecule has 1 aromatic heterocycles. The smallest absolute Gasteiger partial charge is 0.133 e. The van der Waals surface area contributed by atoms with Crippen LogP contribution in [-0.2, 0) is 0 Å². The third kappa shape index (κ3) is 1.71. The number of halogens is 2. The number of hydrogen-bond acceptors (Lipinski definition) is 2. The third-order valence-electron chi connectivity index (χ3n) is 1.99. The van der Waals surface area contributed by atoms with Gasteiger partial charge in [0.05, 0.1) is 0 Å². The van der Waals surface area contributed by atoms with E-state index in [4.69, 9.17) is 11.6 Å². The lowest BCUT2D eigenvalue weighted by Crippen LogP contribution is -2.35. The van der Waals surface area contributed by atoms with Crippen molar-refractivity contribution in [2.24, 2.45) is 0 Å². The molecular formula is C8H10Cl2N2. The summed E-state index contributed by atoms with van der Waals surface area (Å²) in [7, 11) is 0. The van der Waals surface area contributed by atoms with Crippen LogP contribution in [0.25, 0.3) is 0 Å². The Hall–Kier alpha value is -0.310. The summed E-state index contributed by atoms with van der Waals surface area (Å²) >= 11 is 5.88. The van der Waals surface area contributed by atoms with E-state index < -0.39 is 0 Å². The highest BCUT2D eigenvalue weighted by Gasteiger charge is 2.20. The molecule has 2 heterocycles. The third-order valence-corrected chi connectivity index (χ3v) is 2.30. The second kappa shape index (κ2) is 4.08. The lowest BCUT2D eigenvalue weighted by molar-refractivity contribution is 0.382. The molecule has 2 rings (SSSR count). The van der Waals surface area contributed by atoms with E-state index >= 15 is 0 Å². The largest absolute Gasteiger partial charge is 0.310 e. The Morgan fingerprint density at radius 1 is 1.58 bits per heavy atom. The first-order valence-electron chi connectivity index (χ1n) is 3.72. The molecule has 1 aliphatic rings. The van der Waals surface area contributed by atoms with Crippen LogP contribution in [0, 0.1) is 0 Å². The van der Waals surface area contributed by atoms with Crippen molar-refractivity contribution in [1.82, 2.24) is 10.3 Å². The molecule has 0 aliphatic carbocycles. The number of rotatable bonds is 1. The van der Waals surface area contributed by atoms with Crippen LogP contribution >= 0.6 is 24.0 Å². The van der Waals surface area contributed by atoms with Crippen molar-refractivity contribution in [2.45, 2.75) is 12.5 Å². The first kappa shape index (κ1) is 9.78. The highest BCUT2D eigenvalue weighted by molar-refractivity contribution is 6.30. The van der Waals surface area contributed by atoms with E-state index in [1.165, 1.54) is 6.42 Å². The van der Waals surface area contributed by atoms with Gasteiger partial charge < -0.3 is 5.32 Å². The maximum atomic E-state index is 5.88. The van der Waals surface area contributed by atoms with Gasteiger partial charge in [-0.2, -0.15) is 0 Å². The molecule has 0 saturated carbocycles. The zero-order valence-corrected chi connectivity index (χ0v) is 8.03. The molecule has 1 N–H and O–H groups in total. The number of nitrogens with one attached hydrogen (secondary N) is 1. The topological polar surface area (TPSA) is 24.9 Å². The molecule has 12 heavy (non-hydrogen) atoms.